The zero-order chi connectivity index (χ0) is 26.0. The molecule has 1 aliphatic rings. The highest BCUT2D eigenvalue weighted by Crippen LogP contribution is 2.46. The summed E-state index contributed by atoms with van der Waals surface area (Å²) in [7, 11) is 3.03. The van der Waals surface area contributed by atoms with Gasteiger partial charge >= 0.3 is 0 Å². The number of carbonyl (C=O) groups excluding carboxylic acids is 2. The third kappa shape index (κ3) is 4.68. The maximum Gasteiger partial charge on any atom is 0.300 e. The van der Waals surface area contributed by atoms with E-state index in [1.54, 1.807) is 42.5 Å². The lowest BCUT2D eigenvalue weighted by molar-refractivity contribution is -0.132. The minimum atomic E-state index is -0.802. The monoisotopic (exact) mass is 507 g/mol. The van der Waals surface area contributed by atoms with Gasteiger partial charge in [-0.25, -0.2) is 0 Å². The van der Waals surface area contributed by atoms with E-state index in [0.29, 0.717) is 41.0 Å². The highest BCUT2D eigenvalue weighted by Gasteiger charge is 2.48. The summed E-state index contributed by atoms with van der Waals surface area (Å²) < 4.78 is 16.6. The van der Waals surface area contributed by atoms with Gasteiger partial charge in [-0.2, -0.15) is 0 Å². The van der Waals surface area contributed by atoms with Gasteiger partial charge in [0.1, 0.15) is 17.6 Å². The molecule has 7 nitrogen and oxygen atoms in total. The van der Waals surface area contributed by atoms with Gasteiger partial charge in [0.2, 0.25) is 0 Å². The molecule has 2 aromatic carbocycles. The number of amides is 1. The van der Waals surface area contributed by atoms with Crippen molar-refractivity contribution in [3.63, 3.8) is 0 Å². The Morgan fingerprint density at radius 2 is 1.81 bits per heavy atom. The molecule has 0 radical (unpaired) electrons. The molecule has 0 spiro atoms. The molecule has 36 heavy (non-hydrogen) atoms. The quantitative estimate of drug-likeness (QED) is 0.238. The van der Waals surface area contributed by atoms with E-state index >= 15 is 0 Å². The second-order valence-corrected chi connectivity index (χ2v) is 9.86. The molecule has 1 saturated heterocycles. The van der Waals surface area contributed by atoms with E-state index in [9.17, 15) is 14.7 Å². The Morgan fingerprint density at radius 3 is 2.44 bits per heavy atom. The third-order valence-electron chi connectivity index (χ3n) is 5.93. The number of aliphatic hydroxyl groups excluding tert-OH is 1. The van der Waals surface area contributed by atoms with Gasteiger partial charge in [-0.15, -0.1) is 11.3 Å². The zero-order valence-electron chi connectivity index (χ0n) is 20.9. The van der Waals surface area contributed by atoms with E-state index in [1.165, 1.54) is 30.5 Å². The normalized spacial score (nSPS) is 17.1. The number of anilines is 1. The Labute approximate surface area is 214 Å². The molecule has 0 saturated carbocycles. The number of ether oxygens (including phenoxy) is 3. The van der Waals surface area contributed by atoms with Gasteiger partial charge in [0.25, 0.3) is 11.7 Å². The van der Waals surface area contributed by atoms with Crippen LogP contribution < -0.4 is 19.1 Å². The van der Waals surface area contributed by atoms with Crippen LogP contribution in [0.15, 0.2) is 59.5 Å². The maximum absolute atomic E-state index is 13.4. The largest absolute Gasteiger partial charge is 0.507 e. The van der Waals surface area contributed by atoms with E-state index in [1.807, 2.05) is 32.2 Å². The number of hydrogen-bond acceptors (Lipinski definition) is 7. The third-order valence-corrected chi connectivity index (χ3v) is 7.00. The number of ketones is 1. The Morgan fingerprint density at radius 1 is 1.06 bits per heavy atom. The van der Waals surface area contributed by atoms with E-state index < -0.39 is 17.7 Å². The first-order valence-corrected chi connectivity index (χ1v) is 12.4. The zero-order valence-corrected chi connectivity index (χ0v) is 21.7. The number of thiophene rings is 1. The molecule has 2 heterocycles. The van der Waals surface area contributed by atoms with E-state index in [2.05, 4.69) is 0 Å². The van der Waals surface area contributed by atoms with Crippen LogP contribution in [0.4, 0.5) is 5.69 Å². The van der Waals surface area contributed by atoms with Gasteiger partial charge in [-0.1, -0.05) is 26.0 Å². The van der Waals surface area contributed by atoms with E-state index in [4.69, 9.17) is 14.2 Å². The van der Waals surface area contributed by atoms with E-state index in [-0.39, 0.29) is 11.3 Å². The first kappa shape index (κ1) is 25.3. The average Bonchev–Trinajstić information content (AvgIpc) is 3.41. The van der Waals surface area contributed by atoms with Crippen LogP contribution in [-0.2, 0) is 9.59 Å². The second kappa shape index (κ2) is 10.5. The number of methoxy groups -OCH3 is 2. The Kier molecular flexibility index (Phi) is 7.35. The number of hydrogen-bond donors (Lipinski definition) is 1. The summed E-state index contributed by atoms with van der Waals surface area (Å²) >= 11 is 1.43. The van der Waals surface area contributed by atoms with Crippen molar-refractivity contribution in [2.75, 3.05) is 25.7 Å². The molecule has 1 unspecified atom stereocenters. The maximum atomic E-state index is 13.4. The molecule has 1 fully saturated rings. The smallest absolute Gasteiger partial charge is 0.300 e. The fraction of sp³-hybridized carbons (Fsp3) is 0.286. The van der Waals surface area contributed by atoms with Crippen molar-refractivity contribution in [2.24, 2.45) is 5.92 Å². The minimum Gasteiger partial charge on any atom is -0.507 e. The topological polar surface area (TPSA) is 85.3 Å². The van der Waals surface area contributed by atoms with Crippen LogP contribution in [0, 0.1) is 12.8 Å². The average molecular weight is 508 g/mol. The molecule has 0 aliphatic carbocycles. The van der Waals surface area contributed by atoms with Crippen molar-refractivity contribution in [1.29, 1.82) is 0 Å². The van der Waals surface area contributed by atoms with Crippen LogP contribution in [0.25, 0.3) is 5.76 Å². The van der Waals surface area contributed by atoms with Gasteiger partial charge in [0, 0.05) is 22.2 Å². The predicted octanol–water partition coefficient (Wildman–Crippen LogP) is 5.73. The summed E-state index contributed by atoms with van der Waals surface area (Å²) in [5, 5.41) is 13.3. The Balaban J connectivity index is 1.87. The first-order chi connectivity index (χ1) is 17.3. The number of aliphatic hydroxyl groups is 1. The number of benzene rings is 2. The second-order valence-electron chi connectivity index (χ2n) is 8.91. The van der Waals surface area contributed by atoms with Crippen LogP contribution in [0.5, 0.6) is 17.2 Å². The number of rotatable bonds is 8. The van der Waals surface area contributed by atoms with Crippen molar-refractivity contribution < 1.29 is 28.9 Å². The number of carbonyl (C=O) groups is 2. The van der Waals surface area contributed by atoms with Gasteiger partial charge in [-0.3, -0.25) is 14.5 Å². The fourth-order valence-corrected chi connectivity index (χ4v) is 5.16. The summed E-state index contributed by atoms with van der Waals surface area (Å²) in [4.78, 5) is 29.0. The highest BCUT2D eigenvalue weighted by molar-refractivity contribution is 7.10. The molecule has 8 heteroatoms. The van der Waals surface area contributed by atoms with Crippen molar-refractivity contribution in [1.82, 2.24) is 0 Å². The van der Waals surface area contributed by atoms with Gasteiger partial charge in [-0.05, 0) is 54.1 Å². The van der Waals surface area contributed by atoms with E-state index in [0.717, 1.165) is 10.4 Å². The summed E-state index contributed by atoms with van der Waals surface area (Å²) in [6.45, 7) is 6.52. The molecule has 1 N–H and O–H groups in total. The number of aryl methyl sites for hydroxylation is 1. The van der Waals surface area contributed by atoms with Crippen molar-refractivity contribution in [3.8, 4) is 17.2 Å². The molecule has 3 aromatic rings. The lowest BCUT2D eigenvalue weighted by atomic mass is 9.98. The van der Waals surface area contributed by atoms with Gasteiger partial charge in [0.05, 0.1) is 26.4 Å². The van der Waals surface area contributed by atoms with Gasteiger partial charge < -0.3 is 19.3 Å². The molecule has 1 amide bonds. The molecule has 1 aliphatic heterocycles. The fourth-order valence-electron chi connectivity index (χ4n) is 4.14. The highest BCUT2D eigenvalue weighted by atomic mass is 32.1. The molecule has 188 valence electrons. The summed E-state index contributed by atoms with van der Waals surface area (Å²) in [6.07, 6.45) is 0. The van der Waals surface area contributed by atoms with Crippen molar-refractivity contribution in [2.45, 2.75) is 26.8 Å². The number of Topliss-reactive ketones (excluding diaryl/α,β-unsaturated/α-hetero) is 1. The first-order valence-electron chi connectivity index (χ1n) is 11.6. The lowest BCUT2D eigenvalue weighted by Gasteiger charge is -2.25. The van der Waals surface area contributed by atoms with Crippen LogP contribution in [0.3, 0.4) is 0 Å². The predicted molar refractivity (Wildman–Crippen MR) is 140 cm³/mol. The summed E-state index contributed by atoms with van der Waals surface area (Å²) in [6, 6.07) is 13.1. The van der Waals surface area contributed by atoms with Crippen LogP contribution in [0.1, 0.15) is 35.9 Å². The minimum absolute atomic E-state index is 0.0290. The molecule has 1 aromatic heterocycles. The van der Waals surface area contributed by atoms with Crippen molar-refractivity contribution in [3.05, 3.63) is 75.5 Å². The number of nitrogens with zero attached hydrogens (tertiary/aromatic N) is 1. The summed E-state index contributed by atoms with van der Waals surface area (Å²) in [5.74, 6) is 0.0987. The van der Waals surface area contributed by atoms with Crippen molar-refractivity contribution >= 4 is 34.5 Å². The SMILES string of the molecule is COc1ccc(N2C(=O)C(=O)/C(=C(\O)c3cccc(OCC(C)C)c3)C2c2sccc2C)cc1OC. The van der Waals surface area contributed by atoms with Crippen LogP contribution in [0.2, 0.25) is 0 Å². The Bertz CT molecular complexity index is 1330. The lowest BCUT2D eigenvalue weighted by Crippen LogP contribution is -2.29. The molecule has 4 rings (SSSR count). The Hall–Kier alpha value is -3.78. The van der Waals surface area contributed by atoms with Crippen LogP contribution in [-0.4, -0.2) is 37.6 Å². The summed E-state index contributed by atoms with van der Waals surface area (Å²) in [5.41, 5.74) is 1.81. The standard InChI is InChI=1S/C28H29NO6S/c1-16(2)15-35-20-8-6-7-18(13-20)25(30)23-24(27-17(3)11-12-36-27)29(28(32)26(23)31)19-9-10-21(33-4)22(14-19)34-5/h6-14,16,24,30H,15H2,1-5H3/b25-23-. The van der Waals surface area contributed by atoms with Gasteiger partial charge in [0.15, 0.2) is 11.5 Å². The molecular formula is C28H29NO6S. The molecule has 1 atom stereocenters. The molecular weight excluding hydrogens is 478 g/mol. The molecule has 0 bridgehead atoms. The van der Waals surface area contributed by atoms with Crippen LogP contribution >= 0.6 is 11.3 Å².